The lowest BCUT2D eigenvalue weighted by atomic mass is 10.1. The number of carbonyl (C=O) groups excluding carboxylic acids is 1. The van der Waals surface area contributed by atoms with Crippen LogP contribution in [-0.4, -0.2) is 28.0 Å². The second kappa shape index (κ2) is 6.70. The van der Waals surface area contributed by atoms with E-state index in [0.29, 0.717) is 6.54 Å². The number of hydrogen-bond donors (Lipinski definition) is 3. The summed E-state index contributed by atoms with van der Waals surface area (Å²) >= 11 is 0. The number of nitrogens with zero attached hydrogens (tertiary/aromatic N) is 1. The maximum absolute atomic E-state index is 11.5. The first-order chi connectivity index (χ1) is 8.52. The molecule has 1 unspecified atom stereocenters. The molecule has 98 valence electrons. The average molecular weight is 251 g/mol. The Hall–Kier alpha value is -1.95. The van der Waals surface area contributed by atoms with Gasteiger partial charge in [-0.05, 0) is 18.1 Å². The summed E-state index contributed by atoms with van der Waals surface area (Å²) in [7, 11) is 0. The predicted octanol–water partition coefficient (Wildman–Crippen LogP) is 0.523. The molecule has 0 spiro atoms. The number of rotatable bonds is 6. The fraction of sp³-hybridized carbons (Fsp3) is 0.417. The van der Waals surface area contributed by atoms with Gasteiger partial charge in [0.15, 0.2) is 0 Å². The smallest absolute Gasteiger partial charge is 0.354 e. The molecule has 4 N–H and O–H groups in total. The van der Waals surface area contributed by atoms with Crippen molar-refractivity contribution in [2.45, 2.75) is 32.4 Å². The Morgan fingerprint density at radius 1 is 1.50 bits per heavy atom. The molecule has 0 aliphatic heterocycles. The van der Waals surface area contributed by atoms with Crippen LogP contribution >= 0.6 is 0 Å². The van der Waals surface area contributed by atoms with E-state index in [9.17, 15) is 9.59 Å². The molecule has 1 amide bonds. The lowest BCUT2D eigenvalue weighted by Gasteiger charge is -2.09. The van der Waals surface area contributed by atoms with E-state index in [0.717, 1.165) is 12.0 Å². The molecule has 0 bridgehead atoms. The van der Waals surface area contributed by atoms with E-state index in [1.807, 2.05) is 6.92 Å². The molecule has 0 fully saturated rings. The fourth-order valence-corrected chi connectivity index (χ4v) is 1.31. The molecular weight excluding hydrogens is 234 g/mol. The molecule has 0 aromatic carbocycles. The van der Waals surface area contributed by atoms with Gasteiger partial charge in [0.2, 0.25) is 5.91 Å². The number of aromatic nitrogens is 1. The molecule has 6 heteroatoms. The first-order valence-corrected chi connectivity index (χ1v) is 5.73. The summed E-state index contributed by atoms with van der Waals surface area (Å²) in [5, 5.41) is 11.4. The maximum atomic E-state index is 11.5. The molecule has 0 radical (unpaired) electrons. The zero-order valence-corrected chi connectivity index (χ0v) is 10.2. The average Bonchev–Trinajstić information content (AvgIpc) is 2.36. The van der Waals surface area contributed by atoms with E-state index in [-0.39, 0.29) is 24.1 Å². The Morgan fingerprint density at radius 2 is 2.22 bits per heavy atom. The summed E-state index contributed by atoms with van der Waals surface area (Å²) in [6.07, 6.45) is 2.48. The van der Waals surface area contributed by atoms with Crippen LogP contribution < -0.4 is 11.1 Å². The van der Waals surface area contributed by atoms with Crippen LogP contribution in [0.5, 0.6) is 0 Å². The van der Waals surface area contributed by atoms with Crippen LogP contribution in [0.4, 0.5) is 0 Å². The SMILES string of the molecule is CCC(N)CC(=O)NCc1ccc(C(=O)O)nc1. The largest absolute Gasteiger partial charge is 0.477 e. The third-order valence-electron chi connectivity index (χ3n) is 2.51. The molecule has 1 heterocycles. The van der Waals surface area contributed by atoms with Gasteiger partial charge in [0.1, 0.15) is 5.69 Å². The van der Waals surface area contributed by atoms with Crippen molar-refractivity contribution in [3.8, 4) is 0 Å². The van der Waals surface area contributed by atoms with Gasteiger partial charge in [-0.15, -0.1) is 0 Å². The van der Waals surface area contributed by atoms with Gasteiger partial charge in [-0.1, -0.05) is 13.0 Å². The number of nitrogens with one attached hydrogen (secondary N) is 1. The third-order valence-corrected chi connectivity index (χ3v) is 2.51. The Kier molecular flexibility index (Phi) is 5.26. The minimum atomic E-state index is -1.07. The molecule has 1 rings (SSSR count). The summed E-state index contributed by atoms with van der Waals surface area (Å²) in [5.74, 6) is -1.19. The van der Waals surface area contributed by atoms with Crippen molar-refractivity contribution in [1.29, 1.82) is 0 Å². The minimum Gasteiger partial charge on any atom is -0.477 e. The van der Waals surface area contributed by atoms with Crippen molar-refractivity contribution in [3.05, 3.63) is 29.6 Å². The summed E-state index contributed by atoms with van der Waals surface area (Å²) in [6, 6.07) is 2.90. The topological polar surface area (TPSA) is 105 Å². The van der Waals surface area contributed by atoms with E-state index < -0.39 is 5.97 Å². The van der Waals surface area contributed by atoms with Crippen molar-refractivity contribution in [2.75, 3.05) is 0 Å². The van der Waals surface area contributed by atoms with Gasteiger partial charge in [0.05, 0.1) is 0 Å². The highest BCUT2D eigenvalue weighted by atomic mass is 16.4. The highest BCUT2D eigenvalue weighted by Gasteiger charge is 2.08. The molecule has 0 saturated heterocycles. The number of carbonyl (C=O) groups is 2. The molecule has 0 saturated carbocycles. The number of pyridine rings is 1. The Morgan fingerprint density at radius 3 is 2.72 bits per heavy atom. The number of nitrogens with two attached hydrogens (primary N) is 1. The van der Waals surface area contributed by atoms with Crippen LogP contribution in [0.15, 0.2) is 18.3 Å². The third kappa shape index (κ3) is 4.50. The van der Waals surface area contributed by atoms with E-state index >= 15 is 0 Å². The lowest BCUT2D eigenvalue weighted by Crippen LogP contribution is -2.30. The quantitative estimate of drug-likeness (QED) is 0.683. The van der Waals surface area contributed by atoms with Crippen LogP contribution in [0.3, 0.4) is 0 Å². The van der Waals surface area contributed by atoms with Crippen molar-refractivity contribution in [1.82, 2.24) is 10.3 Å². The number of carboxylic acids is 1. The van der Waals surface area contributed by atoms with Crippen molar-refractivity contribution in [3.63, 3.8) is 0 Å². The van der Waals surface area contributed by atoms with E-state index in [1.54, 1.807) is 6.07 Å². The van der Waals surface area contributed by atoms with Crippen LogP contribution in [0.2, 0.25) is 0 Å². The van der Waals surface area contributed by atoms with Gasteiger partial charge in [0.25, 0.3) is 0 Å². The van der Waals surface area contributed by atoms with Crippen LogP contribution in [-0.2, 0) is 11.3 Å². The Labute approximate surface area is 105 Å². The minimum absolute atomic E-state index is 0.0157. The van der Waals surface area contributed by atoms with Crippen LogP contribution in [0.1, 0.15) is 35.8 Å². The van der Waals surface area contributed by atoms with E-state index in [2.05, 4.69) is 10.3 Å². The van der Waals surface area contributed by atoms with Crippen molar-refractivity contribution in [2.24, 2.45) is 5.73 Å². The first-order valence-electron chi connectivity index (χ1n) is 5.73. The molecule has 1 aromatic heterocycles. The molecule has 1 aromatic rings. The first kappa shape index (κ1) is 14.1. The zero-order valence-electron chi connectivity index (χ0n) is 10.2. The lowest BCUT2D eigenvalue weighted by molar-refractivity contribution is -0.121. The second-order valence-corrected chi connectivity index (χ2v) is 4.01. The zero-order chi connectivity index (χ0) is 13.5. The molecule has 0 aliphatic rings. The number of hydrogen-bond acceptors (Lipinski definition) is 4. The van der Waals surface area contributed by atoms with Crippen LogP contribution in [0, 0.1) is 0 Å². The number of amides is 1. The second-order valence-electron chi connectivity index (χ2n) is 4.01. The summed E-state index contributed by atoms with van der Waals surface area (Å²) in [4.78, 5) is 25.8. The summed E-state index contributed by atoms with van der Waals surface area (Å²) in [5.41, 5.74) is 6.39. The molecule has 1 atom stereocenters. The van der Waals surface area contributed by atoms with Gasteiger partial charge >= 0.3 is 5.97 Å². The summed E-state index contributed by atoms with van der Waals surface area (Å²) < 4.78 is 0. The molecule has 18 heavy (non-hydrogen) atoms. The molecular formula is C12H17N3O3. The predicted molar refractivity (Wildman–Crippen MR) is 65.9 cm³/mol. The van der Waals surface area contributed by atoms with Crippen molar-refractivity contribution < 1.29 is 14.7 Å². The monoisotopic (exact) mass is 251 g/mol. The van der Waals surface area contributed by atoms with E-state index in [1.165, 1.54) is 12.3 Å². The fourth-order valence-electron chi connectivity index (χ4n) is 1.31. The van der Waals surface area contributed by atoms with Gasteiger partial charge in [-0.2, -0.15) is 0 Å². The van der Waals surface area contributed by atoms with Gasteiger partial charge < -0.3 is 16.2 Å². The highest BCUT2D eigenvalue weighted by Crippen LogP contribution is 2.01. The Bertz CT molecular complexity index is 417. The van der Waals surface area contributed by atoms with Gasteiger partial charge in [-0.25, -0.2) is 9.78 Å². The number of aromatic carboxylic acids is 1. The standard InChI is InChI=1S/C12H17N3O3/c1-2-9(13)5-11(16)15-7-8-3-4-10(12(17)18)14-6-8/h3-4,6,9H,2,5,7,13H2,1H3,(H,15,16)(H,17,18). The number of carboxylic acid groups (broad SMARTS) is 1. The Balaban J connectivity index is 2.44. The van der Waals surface area contributed by atoms with Crippen LogP contribution in [0.25, 0.3) is 0 Å². The van der Waals surface area contributed by atoms with E-state index in [4.69, 9.17) is 10.8 Å². The normalized spacial score (nSPS) is 11.9. The highest BCUT2D eigenvalue weighted by molar-refractivity contribution is 5.85. The maximum Gasteiger partial charge on any atom is 0.354 e. The van der Waals surface area contributed by atoms with Crippen molar-refractivity contribution >= 4 is 11.9 Å². The summed E-state index contributed by atoms with van der Waals surface area (Å²) in [6.45, 7) is 2.24. The molecule has 6 nitrogen and oxygen atoms in total. The van der Waals surface area contributed by atoms with Gasteiger partial charge in [-0.3, -0.25) is 4.79 Å². The van der Waals surface area contributed by atoms with Gasteiger partial charge in [0, 0.05) is 25.2 Å². The molecule has 0 aliphatic carbocycles.